The minimum absolute atomic E-state index is 0.267. The van der Waals surface area contributed by atoms with Crippen LogP contribution in [-0.2, 0) is 13.1 Å². The molecule has 1 amide bonds. The molecule has 0 radical (unpaired) electrons. The summed E-state index contributed by atoms with van der Waals surface area (Å²) in [5.41, 5.74) is 3.10. The molecule has 116 valence electrons. The molecule has 2 rings (SSSR count). The van der Waals surface area contributed by atoms with E-state index < -0.39 is 0 Å². The highest BCUT2D eigenvalue weighted by atomic mass is 19.1. The highest BCUT2D eigenvalue weighted by molar-refractivity contribution is 5.94. The van der Waals surface area contributed by atoms with E-state index in [1.807, 2.05) is 26.2 Å². The Labute approximate surface area is 130 Å². The van der Waals surface area contributed by atoms with E-state index in [1.54, 1.807) is 19.1 Å². The Kier molecular flexibility index (Phi) is 5.28. The van der Waals surface area contributed by atoms with E-state index in [9.17, 15) is 9.18 Å². The number of carbonyl (C=O) groups excluding carboxylic acids is 1. The summed E-state index contributed by atoms with van der Waals surface area (Å²) in [4.78, 5) is 14.1. The Balaban J connectivity index is 2.00. The molecule has 0 heterocycles. The summed E-state index contributed by atoms with van der Waals surface area (Å²) in [6.45, 7) is 2.95. The first-order chi connectivity index (χ1) is 10.5. The van der Waals surface area contributed by atoms with Gasteiger partial charge >= 0.3 is 0 Å². The van der Waals surface area contributed by atoms with Gasteiger partial charge in [0.2, 0.25) is 0 Å². The number of nitrogens with one attached hydrogen (secondary N) is 1. The van der Waals surface area contributed by atoms with Crippen LogP contribution in [0.15, 0.2) is 42.5 Å². The van der Waals surface area contributed by atoms with Gasteiger partial charge < -0.3 is 10.2 Å². The van der Waals surface area contributed by atoms with Gasteiger partial charge in [0, 0.05) is 18.7 Å². The third-order valence-corrected chi connectivity index (χ3v) is 3.38. The van der Waals surface area contributed by atoms with Crippen molar-refractivity contribution in [3.05, 3.63) is 70.5 Å². The highest BCUT2D eigenvalue weighted by Gasteiger charge is 2.08. The third-order valence-electron chi connectivity index (χ3n) is 3.38. The van der Waals surface area contributed by atoms with Crippen molar-refractivity contribution in [2.45, 2.75) is 20.0 Å². The molecule has 3 nitrogen and oxygen atoms in total. The molecule has 0 saturated carbocycles. The molecule has 0 unspecified atom stereocenters. The number of amides is 1. The highest BCUT2D eigenvalue weighted by Crippen LogP contribution is 2.10. The number of hydrogen-bond acceptors (Lipinski definition) is 2. The van der Waals surface area contributed by atoms with Crippen LogP contribution in [0.4, 0.5) is 4.39 Å². The average Bonchev–Trinajstić information content (AvgIpc) is 2.47. The van der Waals surface area contributed by atoms with Crippen molar-refractivity contribution in [1.29, 1.82) is 0 Å². The first-order valence-electron chi connectivity index (χ1n) is 7.22. The number of halogens is 1. The maximum atomic E-state index is 13.5. The van der Waals surface area contributed by atoms with E-state index >= 15 is 0 Å². The second-order valence-corrected chi connectivity index (χ2v) is 5.70. The van der Waals surface area contributed by atoms with Crippen molar-refractivity contribution in [3.8, 4) is 0 Å². The Morgan fingerprint density at radius 1 is 1.14 bits per heavy atom. The van der Waals surface area contributed by atoms with Crippen molar-refractivity contribution in [1.82, 2.24) is 10.2 Å². The minimum atomic E-state index is -0.361. The van der Waals surface area contributed by atoms with Gasteiger partial charge in [0.1, 0.15) is 5.82 Å². The summed E-state index contributed by atoms with van der Waals surface area (Å²) in [7, 11) is 4.03. The maximum Gasteiger partial charge on any atom is 0.251 e. The zero-order chi connectivity index (χ0) is 16.1. The number of nitrogens with zero attached hydrogens (tertiary/aromatic N) is 1. The van der Waals surface area contributed by atoms with Crippen molar-refractivity contribution in [2.24, 2.45) is 0 Å². The summed E-state index contributed by atoms with van der Waals surface area (Å²) in [5.74, 6) is -0.627. The quantitative estimate of drug-likeness (QED) is 0.920. The molecule has 0 aromatic heterocycles. The SMILES string of the molecule is Cc1ccc(C(=O)NCc2cccc(CN(C)C)c2)cc1F. The van der Waals surface area contributed by atoms with Gasteiger partial charge in [-0.15, -0.1) is 0 Å². The number of rotatable bonds is 5. The van der Waals surface area contributed by atoms with Crippen LogP contribution in [0.3, 0.4) is 0 Å². The fourth-order valence-electron chi connectivity index (χ4n) is 2.22. The monoisotopic (exact) mass is 300 g/mol. The zero-order valence-electron chi connectivity index (χ0n) is 13.2. The predicted molar refractivity (Wildman–Crippen MR) is 86.1 cm³/mol. The second kappa shape index (κ2) is 7.18. The molecule has 0 aliphatic rings. The van der Waals surface area contributed by atoms with Crippen LogP contribution in [0.1, 0.15) is 27.0 Å². The fourth-order valence-corrected chi connectivity index (χ4v) is 2.22. The van der Waals surface area contributed by atoms with Gasteiger partial charge in [-0.25, -0.2) is 4.39 Å². The first kappa shape index (κ1) is 16.2. The second-order valence-electron chi connectivity index (χ2n) is 5.70. The lowest BCUT2D eigenvalue weighted by Gasteiger charge is -2.11. The molecular weight excluding hydrogens is 279 g/mol. The van der Waals surface area contributed by atoms with Gasteiger partial charge in [-0.1, -0.05) is 30.3 Å². The lowest BCUT2D eigenvalue weighted by atomic mass is 10.1. The molecule has 0 aliphatic heterocycles. The molecule has 0 aliphatic carbocycles. The largest absolute Gasteiger partial charge is 0.348 e. The summed E-state index contributed by atoms with van der Waals surface area (Å²) >= 11 is 0. The maximum absolute atomic E-state index is 13.5. The van der Waals surface area contributed by atoms with Crippen molar-refractivity contribution in [3.63, 3.8) is 0 Å². The topological polar surface area (TPSA) is 32.3 Å². The van der Waals surface area contributed by atoms with Crippen LogP contribution in [0.2, 0.25) is 0 Å². The Morgan fingerprint density at radius 2 is 1.86 bits per heavy atom. The molecule has 0 saturated heterocycles. The van der Waals surface area contributed by atoms with Gasteiger partial charge in [0.05, 0.1) is 0 Å². The molecule has 22 heavy (non-hydrogen) atoms. The number of aryl methyl sites for hydroxylation is 1. The van der Waals surface area contributed by atoms with Crippen LogP contribution < -0.4 is 5.32 Å². The fraction of sp³-hybridized carbons (Fsp3) is 0.278. The number of carbonyl (C=O) groups is 1. The zero-order valence-corrected chi connectivity index (χ0v) is 13.2. The molecule has 2 aromatic carbocycles. The first-order valence-corrected chi connectivity index (χ1v) is 7.22. The Morgan fingerprint density at radius 3 is 2.55 bits per heavy atom. The normalized spacial score (nSPS) is 10.8. The lowest BCUT2D eigenvalue weighted by molar-refractivity contribution is 0.0950. The third kappa shape index (κ3) is 4.40. The number of benzene rings is 2. The van der Waals surface area contributed by atoms with Crippen LogP contribution in [-0.4, -0.2) is 24.9 Å². The van der Waals surface area contributed by atoms with Crippen LogP contribution >= 0.6 is 0 Å². The lowest BCUT2D eigenvalue weighted by Crippen LogP contribution is -2.23. The molecule has 2 aromatic rings. The summed E-state index contributed by atoms with van der Waals surface area (Å²) < 4.78 is 13.5. The summed E-state index contributed by atoms with van der Waals surface area (Å²) in [5, 5.41) is 2.82. The van der Waals surface area contributed by atoms with E-state index in [2.05, 4.69) is 22.3 Å². The molecule has 0 atom stereocenters. The Bertz CT molecular complexity index is 668. The summed E-state index contributed by atoms with van der Waals surface area (Å²) in [6.07, 6.45) is 0. The minimum Gasteiger partial charge on any atom is -0.348 e. The van der Waals surface area contributed by atoms with E-state index in [1.165, 1.54) is 11.6 Å². The van der Waals surface area contributed by atoms with E-state index in [0.717, 1.165) is 12.1 Å². The van der Waals surface area contributed by atoms with Gasteiger partial charge in [-0.2, -0.15) is 0 Å². The van der Waals surface area contributed by atoms with Crippen molar-refractivity contribution < 1.29 is 9.18 Å². The van der Waals surface area contributed by atoms with Gasteiger partial charge in [0.25, 0.3) is 5.91 Å². The van der Waals surface area contributed by atoms with Crippen LogP contribution in [0.5, 0.6) is 0 Å². The van der Waals surface area contributed by atoms with Gasteiger partial charge in [-0.3, -0.25) is 4.79 Å². The van der Waals surface area contributed by atoms with E-state index in [4.69, 9.17) is 0 Å². The standard InChI is InChI=1S/C18H21FN2O/c1-13-7-8-16(10-17(13)19)18(22)20-11-14-5-4-6-15(9-14)12-21(2)3/h4-10H,11-12H2,1-3H3,(H,20,22). The number of hydrogen-bond donors (Lipinski definition) is 1. The van der Waals surface area contributed by atoms with Gasteiger partial charge in [-0.05, 0) is 49.8 Å². The molecule has 0 bridgehead atoms. The van der Waals surface area contributed by atoms with E-state index in [0.29, 0.717) is 17.7 Å². The van der Waals surface area contributed by atoms with E-state index in [-0.39, 0.29) is 11.7 Å². The Hall–Kier alpha value is -2.20. The molecule has 0 fully saturated rings. The van der Waals surface area contributed by atoms with Crippen molar-refractivity contribution >= 4 is 5.91 Å². The van der Waals surface area contributed by atoms with Crippen LogP contribution in [0.25, 0.3) is 0 Å². The van der Waals surface area contributed by atoms with Crippen LogP contribution in [0, 0.1) is 12.7 Å². The molecule has 1 N–H and O–H groups in total. The molecular formula is C18H21FN2O. The smallest absolute Gasteiger partial charge is 0.251 e. The molecule has 4 heteroatoms. The summed E-state index contributed by atoms with van der Waals surface area (Å²) in [6, 6.07) is 12.6. The average molecular weight is 300 g/mol. The predicted octanol–water partition coefficient (Wildman–Crippen LogP) is 3.13. The van der Waals surface area contributed by atoms with Crippen molar-refractivity contribution in [2.75, 3.05) is 14.1 Å². The molecule has 0 spiro atoms. The van der Waals surface area contributed by atoms with Gasteiger partial charge in [0.15, 0.2) is 0 Å².